The van der Waals surface area contributed by atoms with Crippen molar-refractivity contribution in [1.29, 1.82) is 0 Å². The lowest BCUT2D eigenvalue weighted by Gasteiger charge is -2.38. The van der Waals surface area contributed by atoms with Gasteiger partial charge in [-0.05, 0) is 66.7 Å². The number of aliphatic carboxylic acids is 1. The number of ether oxygens (including phenoxy) is 1. The highest BCUT2D eigenvalue weighted by atomic mass is 16.5. The third kappa shape index (κ3) is 6.63. The highest BCUT2D eigenvalue weighted by molar-refractivity contribution is 5.66. The fourth-order valence-electron chi connectivity index (χ4n) is 6.59. The molecule has 5 atom stereocenters. The minimum Gasteiger partial charge on any atom is -0.481 e. The molecule has 4 nitrogen and oxygen atoms in total. The van der Waals surface area contributed by atoms with Gasteiger partial charge in [-0.25, -0.2) is 0 Å². The summed E-state index contributed by atoms with van der Waals surface area (Å²) in [6.07, 6.45) is 13.3. The molecule has 2 bridgehead atoms. The molecular weight excluding hydrogens is 496 g/mol. The number of aliphatic hydroxyl groups excluding tert-OH is 1. The van der Waals surface area contributed by atoms with Gasteiger partial charge in [0.05, 0.1) is 18.8 Å². The Hall–Kier alpha value is -3.47. The minimum atomic E-state index is -0.743. The van der Waals surface area contributed by atoms with Gasteiger partial charge in [0, 0.05) is 17.8 Å². The van der Waals surface area contributed by atoms with E-state index in [4.69, 9.17) is 9.84 Å². The van der Waals surface area contributed by atoms with Gasteiger partial charge in [-0.15, -0.1) is 0 Å². The summed E-state index contributed by atoms with van der Waals surface area (Å²) in [7, 11) is 0. The Morgan fingerprint density at radius 1 is 0.950 bits per heavy atom. The number of benzene rings is 3. The predicted molar refractivity (Wildman–Crippen MR) is 160 cm³/mol. The average Bonchev–Trinajstić information content (AvgIpc) is 3.56. The molecule has 1 saturated heterocycles. The van der Waals surface area contributed by atoms with Crippen LogP contribution in [0.2, 0.25) is 0 Å². The molecule has 1 heterocycles. The van der Waals surface area contributed by atoms with Crippen LogP contribution in [0.15, 0.2) is 109 Å². The summed E-state index contributed by atoms with van der Waals surface area (Å²) in [5, 5.41) is 19.7. The summed E-state index contributed by atoms with van der Waals surface area (Å²) in [5.74, 6) is -0.174. The molecule has 0 unspecified atom stereocenters. The first-order chi connectivity index (χ1) is 19.5. The van der Waals surface area contributed by atoms with Crippen LogP contribution in [0.25, 0.3) is 11.1 Å². The van der Waals surface area contributed by atoms with E-state index in [0.717, 1.165) is 25.7 Å². The Balaban J connectivity index is 1.32. The van der Waals surface area contributed by atoms with Crippen LogP contribution in [-0.4, -0.2) is 35.0 Å². The number of aliphatic hydroxyl groups is 1. The van der Waals surface area contributed by atoms with Crippen LogP contribution >= 0.6 is 0 Å². The van der Waals surface area contributed by atoms with Crippen LogP contribution < -0.4 is 0 Å². The number of allylic oxidation sites excluding steroid dienone is 2. The number of hydrogen-bond donors (Lipinski definition) is 2. The molecule has 2 fully saturated rings. The fourth-order valence-corrected chi connectivity index (χ4v) is 6.59. The molecule has 1 aliphatic heterocycles. The van der Waals surface area contributed by atoms with E-state index in [1.807, 2.05) is 30.3 Å². The van der Waals surface area contributed by atoms with E-state index in [2.05, 4.69) is 78.9 Å². The van der Waals surface area contributed by atoms with Crippen LogP contribution in [0.1, 0.15) is 49.7 Å². The lowest BCUT2D eigenvalue weighted by Crippen LogP contribution is -2.39. The van der Waals surface area contributed by atoms with Crippen LogP contribution in [0.3, 0.4) is 0 Å². The predicted octanol–water partition coefficient (Wildman–Crippen LogP) is 7.38. The first-order valence-electron chi connectivity index (χ1n) is 14.6. The number of carboxylic acid groups (broad SMARTS) is 1. The molecule has 0 amide bonds. The van der Waals surface area contributed by atoms with Gasteiger partial charge in [0.1, 0.15) is 0 Å². The zero-order valence-electron chi connectivity index (χ0n) is 23.1. The molecule has 3 aromatic rings. The topological polar surface area (TPSA) is 66.8 Å². The van der Waals surface area contributed by atoms with Gasteiger partial charge in [0.2, 0.25) is 0 Å². The zero-order valence-corrected chi connectivity index (χ0v) is 23.1. The Kier molecular flexibility index (Phi) is 9.30. The normalized spacial score (nSPS) is 24.7. The molecule has 208 valence electrons. The maximum Gasteiger partial charge on any atom is 0.303 e. The summed E-state index contributed by atoms with van der Waals surface area (Å²) < 4.78 is 6.38. The molecule has 2 N–H and O–H groups in total. The van der Waals surface area contributed by atoms with Gasteiger partial charge in [-0.1, -0.05) is 109 Å². The lowest BCUT2D eigenvalue weighted by molar-refractivity contribution is -0.137. The van der Waals surface area contributed by atoms with Crippen molar-refractivity contribution in [3.8, 4) is 11.1 Å². The molecule has 1 saturated carbocycles. The first-order valence-corrected chi connectivity index (χ1v) is 14.6. The van der Waals surface area contributed by atoms with Crippen molar-refractivity contribution in [2.45, 2.75) is 62.6 Å². The first kappa shape index (κ1) is 28.1. The van der Waals surface area contributed by atoms with Crippen LogP contribution in [0.4, 0.5) is 0 Å². The Morgan fingerprint density at radius 2 is 1.65 bits per heavy atom. The fraction of sp³-hybridized carbons (Fsp3) is 0.361. The van der Waals surface area contributed by atoms with E-state index in [9.17, 15) is 9.90 Å². The Bertz CT molecular complexity index is 1280. The zero-order chi connectivity index (χ0) is 27.8. The van der Waals surface area contributed by atoms with E-state index < -0.39 is 12.1 Å². The molecular formula is C36H40O4. The second kappa shape index (κ2) is 13.3. The monoisotopic (exact) mass is 536 g/mol. The standard InChI is InChI=1S/C36H40O4/c37-31(22-17-27-11-5-3-6-12-27)23-24-32-33(15-9-1-2-10-16-35(38)39)36(25-34(32)40-26-36)30-20-18-29(19-21-30)28-13-7-4-8-14-28/h1,3-9,11-14,18-21,23-24,31-34,37H,2,10,15-17,22,25-26H2,(H,38,39)/t31-,32+,33+,34+,36+/m1/s1. The second-order valence-electron chi connectivity index (χ2n) is 11.3. The number of rotatable bonds is 13. The highest BCUT2D eigenvalue weighted by Crippen LogP contribution is 2.57. The minimum absolute atomic E-state index is 0.0741. The highest BCUT2D eigenvalue weighted by Gasteiger charge is 2.58. The molecule has 0 radical (unpaired) electrons. The van der Waals surface area contributed by atoms with E-state index in [1.54, 1.807) is 0 Å². The van der Waals surface area contributed by atoms with Gasteiger partial charge in [-0.3, -0.25) is 4.79 Å². The molecule has 40 heavy (non-hydrogen) atoms. The summed E-state index contributed by atoms with van der Waals surface area (Å²) >= 11 is 0. The van der Waals surface area contributed by atoms with Crippen molar-refractivity contribution in [3.05, 3.63) is 120 Å². The maximum absolute atomic E-state index is 10.9. The number of carbonyl (C=O) groups is 1. The van der Waals surface area contributed by atoms with E-state index in [-0.39, 0.29) is 23.9 Å². The third-order valence-corrected chi connectivity index (χ3v) is 8.74. The molecule has 0 spiro atoms. The molecule has 2 aliphatic rings. The molecule has 3 aromatic carbocycles. The third-order valence-electron chi connectivity index (χ3n) is 8.74. The quantitative estimate of drug-likeness (QED) is 0.177. The number of unbranched alkanes of at least 4 members (excludes halogenated alkanes) is 1. The molecule has 1 aliphatic carbocycles. The summed E-state index contributed by atoms with van der Waals surface area (Å²) in [6, 6.07) is 29.7. The van der Waals surface area contributed by atoms with Gasteiger partial charge >= 0.3 is 5.97 Å². The number of carboxylic acids is 1. The van der Waals surface area contributed by atoms with Crippen molar-refractivity contribution < 1.29 is 19.7 Å². The second-order valence-corrected chi connectivity index (χ2v) is 11.3. The van der Waals surface area contributed by atoms with Gasteiger partial charge in [0.15, 0.2) is 0 Å². The van der Waals surface area contributed by atoms with Crippen molar-refractivity contribution >= 4 is 5.97 Å². The Morgan fingerprint density at radius 3 is 2.38 bits per heavy atom. The number of fused-ring (bicyclic) bond motifs is 2. The summed E-state index contributed by atoms with van der Waals surface area (Å²) in [6.45, 7) is 0.709. The van der Waals surface area contributed by atoms with Crippen LogP contribution in [0, 0.1) is 11.8 Å². The van der Waals surface area contributed by atoms with E-state index in [0.29, 0.717) is 25.4 Å². The maximum atomic E-state index is 10.9. The summed E-state index contributed by atoms with van der Waals surface area (Å²) in [5.41, 5.74) is 4.91. The van der Waals surface area contributed by atoms with Crippen molar-refractivity contribution in [3.63, 3.8) is 0 Å². The average molecular weight is 537 g/mol. The van der Waals surface area contributed by atoms with E-state index >= 15 is 0 Å². The van der Waals surface area contributed by atoms with Gasteiger partial charge in [0.25, 0.3) is 0 Å². The number of aryl methyl sites for hydroxylation is 1. The summed E-state index contributed by atoms with van der Waals surface area (Å²) in [4.78, 5) is 10.9. The van der Waals surface area contributed by atoms with Crippen LogP contribution in [0.5, 0.6) is 0 Å². The Labute approximate surface area is 238 Å². The van der Waals surface area contributed by atoms with Crippen LogP contribution in [-0.2, 0) is 21.4 Å². The molecule has 0 aromatic heterocycles. The van der Waals surface area contributed by atoms with Crippen molar-refractivity contribution in [2.24, 2.45) is 11.8 Å². The molecule has 4 heteroatoms. The number of hydrogen-bond acceptors (Lipinski definition) is 3. The van der Waals surface area contributed by atoms with E-state index in [1.165, 1.54) is 22.3 Å². The van der Waals surface area contributed by atoms with Gasteiger partial charge in [-0.2, -0.15) is 0 Å². The smallest absolute Gasteiger partial charge is 0.303 e. The molecule has 5 rings (SSSR count). The SMILES string of the molecule is O=C(O)CCCC=CC[C@H]1[C@H](C=C[C@H](O)CCc2ccccc2)[C@@H]2C[C@@]1(c1ccc(-c3ccccc3)cc1)CO2. The lowest BCUT2D eigenvalue weighted by atomic mass is 9.69. The van der Waals surface area contributed by atoms with Crippen molar-refractivity contribution in [1.82, 2.24) is 0 Å². The van der Waals surface area contributed by atoms with Crippen molar-refractivity contribution in [2.75, 3.05) is 6.61 Å². The largest absolute Gasteiger partial charge is 0.481 e. The van der Waals surface area contributed by atoms with Gasteiger partial charge < -0.3 is 14.9 Å².